The number of likely N-dealkylation sites (tertiary alicyclic amines) is 1. The second-order valence-electron chi connectivity index (χ2n) is 6.40. The van der Waals surface area contributed by atoms with Crippen molar-refractivity contribution in [2.75, 3.05) is 32.7 Å². The third-order valence-electron chi connectivity index (χ3n) is 4.86. The molecule has 3 rings (SSSR count). The van der Waals surface area contributed by atoms with E-state index in [1.54, 1.807) is 11.1 Å². The Bertz CT molecular complexity index is 410. The average molecular weight is 272 g/mol. The van der Waals surface area contributed by atoms with Crippen molar-refractivity contribution in [1.29, 1.82) is 0 Å². The molecule has 1 aromatic carbocycles. The fourth-order valence-corrected chi connectivity index (χ4v) is 3.60. The molecule has 2 aliphatic heterocycles. The Balaban J connectivity index is 1.31. The molecule has 1 fully saturated rings. The molecule has 110 valence electrons. The summed E-state index contributed by atoms with van der Waals surface area (Å²) in [6, 6.07) is 8.95. The normalized spacial score (nSPS) is 20.2. The zero-order chi connectivity index (χ0) is 13.6. The summed E-state index contributed by atoms with van der Waals surface area (Å²) in [6.07, 6.45) is 8.25. The van der Waals surface area contributed by atoms with Gasteiger partial charge in [0, 0.05) is 13.1 Å². The molecule has 0 atom stereocenters. The van der Waals surface area contributed by atoms with E-state index >= 15 is 0 Å². The van der Waals surface area contributed by atoms with Crippen molar-refractivity contribution in [1.82, 2.24) is 9.80 Å². The van der Waals surface area contributed by atoms with Gasteiger partial charge in [0.25, 0.3) is 0 Å². The smallest absolute Gasteiger partial charge is 0.0236 e. The lowest BCUT2D eigenvalue weighted by Gasteiger charge is -2.28. The highest BCUT2D eigenvalue weighted by Crippen LogP contribution is 2.18. The van der Waals surface area contributed by atoms with Crippen LogP contribution < -0.4 is 0 Å². The van der Waals surface area contributed by atoms with E-state index < -0.39 is 0 Å². The number of nitrogens with zero attached hydrogens (tertiary/aromatic N) is 2. The number of hydrogen-bond acceptors (Lipinski definition) is 2. The van der Waals surface area contributed by atoms with Crippen LogP contribution in [0.5, 0.6) is 0 Å². The van der Waals surface area contributed by atoms with Crippen molar-refractivity contribution in [2.45, 2.75) is 45.1 Å². The molecule has 2 aliphatic rings. The summed E-state index contributed by atoms with van der Waals surface area (Å²) in [6.45, 7) is 7.74. The minimum atomic E-state index is 1.17. The summed E-state index contributed by atoms with van der Waals surface area (Å²) in [4.78, 5) is 5.27. The molecular formula is C18H28N2. The zero-order valence-corrected chi connectivity index (χ0v) is 12.7. The van der Waals surface area contributed by atoms with E-state index in [0.717, 1.165) is 0 Å². The van der Waals surface area contributed by atoms with E-state index in [2.05, 4.69) is 34.1 Å². The van der Waals surface area contributed by atoms with Crippen LogP contribution in [0, 0.1) is 0 Å². The van der Waals surface area contributed by atoms with Crippen molar-refractivity contribution < 1.29 is 0 Å². The number of fused-ring (bicyclic) bond motifs is 1. The molecule has 2 nitrogen and oxygen atoms in total. The van der Waals surface area contributed by atoms with Crippen molar-refractivity contribution in [2.24, 2.45) is 0 Å². The van der Waals surface area contributed by atoms with Crippen LogP contribution in [0.4, 0.5) is 0 Å². The first-order valence-corrected chi connectivity index (χ1v) is 8.43. The monoisotopic (exact) mass is 272 g/mol. The highest BCUT2D eigenvalue weighted by atomic mass is 15.1. The predicted octanol–water partition coefficient (Wildman–Crippen LogP) is 3.31. The molecule has 0 radical (unpaired) electrons. The first-order chi connectivity index (χ1) is 9.92. The Hall–Kier alpha value is -0.860. The highest BCUT2D eigenvalue weighted by molar-refractivity contribution is 5.28. The SMILES string of the molecule is c1ccc2c(c1)CCN(CCCCCN1CCCC1)C2. The molecule has 0 bridgehead atoms. The van der Waals surface area contributed by atoms with Gasteiger partial charge in [0.2, 0.25) is 0 Å². The molecule has 2 heteroatoms. The molecule has 0 spiro atoms. The van der Waals surface area contributed by atoms with Crippen LogP contribution in [-0.2, 0) is 13.0 Å². The van der Waals surface area contributed by atoms with Gasteiger partial charge in [-0.1, -0.05) is 30.7 Å². The molecule has 0 aliphatic carbocycles. The van der Waals surface area contributed by atoms with Gasteiger partial charge >= 0.3 is 0 Å². The van der Waals surface area contributed by atoms with Gasteiger partial charge in [0.1, 0.15) is 0 Å². The summed E-state index contributed by atoms with van der Waals surface area (Å²) in [5, 5.41) is 0. The predicted molar refractivity (Wildman–Crippen MR) is 84.9 cm³/mol. The first kappa shape index (κ1) is 14.1. The van der Waals surface area contributed by atoms with Crippen LogP contribution in [0.15, 0.2) is 24.3 Å². The van der Waals surface area contributed by atoms with Gasteiger partial charge in [0.15, 0.2) is 0 Å². The van der Waals surface area contributed by atoms with Gasteiger partial charge in [-0.05, 0) is 69.4 Å². The standard InChI is InChI=1S/C18H28N2/c1(4-11-19-12-6-7-13-19)5-14-20-15-10-17-8-2-3-9-18(17)16-20/h2-3,8-9H,1,4-7,10-16H2. The van der Waals surface area contributed by atoms with Crippen molar-refractivity contribution in [3.63, 3.8) is 0 Å². The Labute approximate surface area is 123 Å². The topological polar surface area (TPSA) is 6.48 Å². The van der Waals surface area contributed by atoms with E-state index in [1.807, 2.05) is 0 Å². The van der Waals surface area contributed by atoms with E-state index in [9.17, 15) is 0 Å². The summed E-state index contributed by atoms with van der Waals surface area (Å²) in [5.74, 6) is 0. The lowest BCUT2D eigenvalue weighted by Crippen LogP contribution is -2.31. The highest BCUT2D eigenvalue weighted by Gasteiger charge is 2.15. The van der Waals surface area contributed by atoms with Crippen LogP contribution in [0.3, 0.4) is 0 Å². The quantitative estimate of drug-likeness (QED) is 0.733. The van der Waals surface area contributed by atoms with Crippen molar-refractivity contribution in [3.8, 4) is 0 Å². The minimum absolute atomic E-state index is 1.17. The third kappa shape index (κ3) is 3.83. The fraction of sp³-hybridized carbons (Fsp3) is 0.667. The van der Waals surface area contributed by atoms with Gasteiger partial charge in [-0.15, -0.1) is 0 Å². The van der Waals surface area contributed by atoms with Gasteiger partial charge in [-0.25, -0.2) is 0 Å². The number of hydrogen-bond donors (Lipinski definition) is 0. The van der Waals surface area contributed by atoms with Crippen LogP contribution in [0.25, 0.3) is 0 Å². The maximum atomic E-state index is 2.64. The summed E-state index contributed by atoms with van der Waals surface area (Å²) in [7, 11) is 0. The Morgan fingerprint density at radius 2 is 1.45 bits per heavy atom. The molecule has 20 heavy (non-hydrogen) atoms. The second-order valence-corrected chi connectivity index (χ2v) is 6.40. The fourth-order valence-electron chi connectivity index (χ4n) is 3.60. The van der Waals surface area contributed by atoms with Gasteiger partial charge < -0.3 is 4.90 Å². The first-order valence-electron chi connectivity index (χ1n) is 8.43. The number of benzene rings is 1. The van der Waals surface area contributed by atoms with Crippen LogP contribution >= 0.6 is 0 Å². The molecule has 2 heterocycles. The summed E-state index contributed by atoms with van der Waals surface area (Å²) < 4.78 is 0. The summed E-state index contributed by atoms with van der Waals surface area (Å²) >= 11 is 0. The van der Waals surface area contributed by atoms with E-state index in [1.165, 1.54) is 77.8 Å². The number of rotatable bonds is 6. The molecule has 1 saturated heterocycles. The largest absolute Gasteiger partial charge is 0.303 e. The maximum absolute atomic E-state index is 2.64. The minimum Gasteiger partial charge on any atom is -0.303 e. The van der Waals surface area contributed by atoms with Crippen molar-refractivity contribution in [3.05, 3.63) is 35.4 Å². The zero-order valence-electron chi connectivity index (χ0n) is 12.7. The molecule has 1 aromatic rings. The lowest BCUT2D eigenvalue weighted by molar-refractivity contribution is 0.245. The molecule has 0 amide bonds. The third-order valence-corrected chi connectivity index (χ3v) is 4.86. The Morgan fingerprint density at radius 1 is 0.750 bits per heavy atom. The van der Waals surface area contributed by atoms with Crippen LogP contribution in [0.1, 0.15) is 43.2 Å². The van der Waals surface area contributed by atoms with Crippen LogP contribution in [-0.4, -0.2) is 42.5 Å². The van der Waals surface area contributed by atoms with Crippen LogP contribution in [0.2, 0.25) is 0 Å². The molecule has 0 unspecified atom stereocenters. The molecular weight excluding hydrogens is 244 g/mol. The second kappa shape index (κ2) is 7.24. The Kier molecular flexibility index (Phi) is 5.10. The molecule has 0 aromatic heterocycles. The van der Waals surface area contributed by atoms with Gasteiger partial charge in [0.05, 0.1) is 0 Å². The summed E-state index contributed by atoms with van der Waals surface area (Å²) in [5.41, 5.74) is 3.12. The van der Waals surface area contributed by atoms with Gasteiger partial charge in [-0.2, -0.15) is 0 Å². The van der Waals surface area contributed by atoms with E-state index in [-0.39, 0.29) is 0 Å². The average Bonchev–Trinajstić information content (AvgIpc) is 3.00. The number of unbranched alkanes of at least 4 members (excludes halogenated alkanes) is 2. The maximum Gasteiger partial charge on any atom is 0.0236 e. The van der Waals surface area contributed by atoms with Crippen molar-refractivity contribution >= 4 is 0 Å². The van der Waals surface area contributed by atoms with Gasteiger partial charge in [-0.3, -0.25) is 4.90 Å². The Morgan fingerprint density at radius 3 is 2.25 bits per heavy atom. The lowest BCUT2D eigenvalue weighted by atomic mass is 10.00. The van der Waals surface area contributed by atoms with E-state index in [0.29, 0.717) is 0 Å². The molecule has 0 N–H and O–H groups in total. The van der Waals surface area contributed by atoms with E-state index in [4.69, 9.17) is 0 Å². The molecule has 0 saturated carbocycles.